The van der Waals surface area contributed by atoms with Crippen molar-refractivity contribution in [3.63, 3.8) is 0 Å². The summed E-state index contributed by atoms with van der Waals surface area (Å²) in [7, 11) is 2.68. The monoisotopic (exact) mass is 409 g/mol. The SMILES string of the molecule is COC(CN(CC(=O)O)C(=O)N1C[C@H](NC(=O)OCc2ccccc2)C1=O)OC. The fraction of sp³-hybridized carbons (Fsp3) is 0.444. The molecule has 11 nitrogen and oxygen atoms in total. The molecule has 0 saturated carbocycles. The van der Waals surface area contributed by atoms with Crippen LogP contribution in [0.1, 0.15) is 5.56 Å². The van der Waals surface area contributed by atoms with Gasteiger partial charge in [0.1, 0.15) is 19.2 Å². The Morgan fingerprint density at radius 1 is 1.24 bits per heavy atom. The number of amides is 4. The van der Waals surface area contributed by atoms with E-state index < -0.39 is 42.9 Å². The summed E-state index contributed by atoms with van der Waals surface area (Å²) in [6.45, 7) is -0.876. The number of nitrogens with zero attached hydrogens (tertiary/aromatic N) is 2. The minimum absolute atomic E-state index is 0.0397. The predicted octanol–water partition coefficient (Wildman–Crippen LogP) is 0.249. The molecule has 1 heterocycles. The van der Waals surface area contributed by atoms with Gasteiger partial charge in [0, 0.05) is 14.2 Å². The smallest absolute Gasteiger partial charge is 0.408 e. The van der Waals surface area contributed by atoms with E-state index in [1.165, 1.54) is 14.2 Å². The molecule has 1 aliphatic rings. The van der Waals surface area contributed by atoms with Gasteiger partial charge in [-0.15, -0.1) is 0 Å². The second kappa shape index (κ2) is 10.4. The number of rotatable bonds is 9. The number of nitrogens with one attached hydrogen (secondary N) is 1. The molecular formula is C18H23N3O8. The average molecular weight is 409 g/mol. The first-order valence-corrected chi connectivity index (χ1v) is 8.70. The Balaban J connectivity index is 1.86. The number of carbonyl (C=O) groups excluding carboxylic acids is 3. The summed E-state index contributed by atoms with van der Waals surface area (Å²) in [5.41, 5.74) is 0.787. The van der Waals surface area contributed by atoms with Gasteiger partial charge in [0.25, 0.3) is 5.91 Å². The van der Waals surface area contributed by atoms with Crippen molar-refractivity contribution >= 4 is 24.0 Å². The Morgan fingerprint density at radius 3 is 2.45 bits per heavy atom. The number of urea groups is 1. The molecule has 4 amide bonds. The second-order valence-corrected chi connectivity index (χ2v) is 6.17. The van der Waals surface area contributed by atoms with Crippen LogP contribution in [0.4, 0.5) is 9.59 Å². The van der Waals surface area contributed by atoms with Crippen LogP contribution in [0.3, 0.4) is 0 Å². The second-order valence-electron chi connectivity index (χ2n) is 6.17. The van der Waals surface area contributed by atoms with Crippen molar-refractivity contribution in [1.29, 1.82) is 0 Å². The number of hydrogen-bond donors (Lipinski definition) is 2. The summed E-state index contributed by atoms with van der Waals surface area (Å²) in [6.07, 6.45) is -1.64. The molecular weight excluding hydrogens is 386 g/mol. The maximum atomic E-state index is 12.5. The number of ether oxygens (including phenoxy) is 3. The van der Waals surface area contributed by atoms with Crippen LogP contribution in [0, 0.1) is 0 Å². The summed E-state index contributed by atoms with van der Waals surface area (Å²) < 4.78 is 15.0. The van der Waals surface area contributed by atoms with Gasteiger partial charge in [-0.05, 0) is 5.56 Å². The van der Waals surface area contributed by atoms with E-state index in [1.807, 2.05) is 6.07 Å². The third kappa shape index (κ3) is 6.16. The van der Waals surface area contributed by atoms with Gasteiger partial charge in [-0.1, -0.05) is 30.3 Å². The van der Waals surface area contributed by atoms with E-state index in [9.17, 15) is 19.2 Å². The van der Waals surface area contributed by atoms with E-state index in [2.05, 4.69) is 5.32 Å². The molecule has 0 radical (unpaired) electrons. The van der Waals surface area contributed by atoms with Crippen LogP contribution in [0.5, 0.6) is 0 Å². The number of benzene rings is 1. The number of likely N-dealkylation sites (tertiary alicyclic amines) is 1. The summed E-state index contributed by atoms with van der Waals surface area (Å²) >= 11 is 0. The average Bonchev–Trinajstić information content (AvgIpc) is 2.72. The van der Waals surface area contributed by atoms with Crippen molar-refractivity contribution in [2.45, 2.75) is 18.9 Å². The number of methoxy groups -OCH3 is 2. The van der Waals surface area contributed by atoms with Gasteiger partial charge in [-0.25, -0.2) is 9.59 Å². The van der Waals surface area contributed by atoms with Crippen LogP contribution < -0.4 is 5.32 Å². The number of β-lactam (4-membered cyclic amide) rings is 1. The molecule has 0 unspecified atom stereocenters. The Morgan fingerprint density at radius 2 is 1.90 bits per heavy atom. The van der Waals surface area contributed by atoms with E-state index in [4.69, 9.17) is 19.3 Å². The van der Waals surface area contributed by atoms with Crippen LogP contribution in [-0.4, -0.2) is 85.1 Å². The van der Waals surface area contributed by atoms with Crippen LogP contribution in [0.25, 0.3) is 0 Å². The molecule has 2 rings (SSSR count). The minimum Gasteiger partial charge on any atom is -0.480 e. The lowest BCUT2D eigenvalue weighted by molar-refractivity contribution is -0.145. The quantitative estimate of drug-likeness (QED) is 0.438. The first-order chi connectivity index (χ1) is 13.8. The molecule has 1 aromatic rings. The molecule has 1 saturated heterocycles. The van der Waals surface area contributed by atoms with Gasteiger partial charge in [0.15, 0.2) is 6.29 Å². The van der Waals surface area contributed by atoms with Crippen LogP contribution >= 0.6 is 0 Å². The number of hydrogen-bond acceptors (Lipinski definition) is 7. The molecule has 1 aromatic carbocycles. The third-order valence-corrected chi connectivity index (χ3v) is 4.16. The van der Waals surface area contributed by atoms with E-state index in [0.29, 0.717) is 0 Å². The highest BCUT2D eigenvalue weighted by Gasteiger charge is 2.44. The summed E-state index contributed by atoms with van der Waals surface area (Å²) in [4.78, 5) is 49.3. The van der Waals surface area contributed by atoms with Crippen LogP contribution in [-0.2, 0) is 30.4 Å². The van der Waals surface area contributed by atoms with E-state index in [-0.39, 0.29) is 19.7 Å². The van der Waals surface area contributed by atoms with Crippen LogP contribution in [0.15, 0.2) is 30.3 Å². The Hall–Kier alpha value is -3.18. The number of alkyl carbamates (subject to hydrolysis) is 1. The minimum atomic E-state index is -1.25. The molecule has 0 aromatic heterocycles. The number of carboxylic acids is 1. The molecule has 1 aliphatic heterocycles. The van der Waals surface area contributed by atoms with Crippen molar-refractivity contribution in [3.8, 4) is 0 Å². The lowest BCUT2D eigenvalue weighted by Crippen LogP contribution is -2.68. The normalized spacial score (nSPS) is 15.6. The van der Waals surface area contributed by atoms with Gasteiger partial charge in [-0.3, -0.25) is 14.5 Å². The molecule has 29 heavy (non-hydrogen) atoms. The highest BCUT2D eigenvalue weighted by atomic mass is 16.7. The number of imide groups is 1. The molecule has 11 heteroatoms. The first kappa shape index (κ1) is 22.1. The Labute approximate surface area is 167 Å². The van der Waals surface area contributed by atoms with E-state index in [1.54, 1.807) is 24.3 Å². The van der Waals surface area contributed by atoms with Gasteiger partial charge in [-0.2, -0.15) is 0 Å². The maximum Gasteiger partial charge on any atom is 0.408 e. The van der Waals surface area contributed by atoms with Gasteiger partial charge >= 0.3 is 18.1 Å². The zero-order chi connectivity index (χ0) is 21.4. The lowest BCUT2D eigenvalue weighted by atomic mass is 10.1. The fourth-order valence-electron chi connectivity index (χ4n) is 2.58. The highest BCUT2D eigenvalue weighted by Crippen LogP contribution is 2.15. The van der Waals surface area contributed by atoms with Crippen molar-refractivity contribution in [2.75, 3.05) is 33.9 Å². The highest BCUT2D eigenvalue weighted by molar-refractivity contribution is 6.03. The first-order valence-electron chi connectivity index (χ1n) is 8.70. The fourth-order valence-corrected chi connectivity index (χ4v) is 2.58. The molecule has 0 spiro atoms. The molecule has 2 N–H and O–H groups in total. The third-order valence-electron chi connectivity index (χ3n) is 4.16. The van der Waals surface area contributed by atoms with E-state index >= 15 is 0 Å². The number of carbonyl (C=O) groups is 4. The maximum absolute atomic E-state index is 12.5. The molecule has 0 bridgehead atoms. The Bertz CT molecular complexity index is 738. The number of aliphatic carboxylic acids is 1. The molecule has 158 valence electrons. The predicted molar refractivity (Wildman–Crippen MR) is 97.7 cm³/mol. The van der Waals surface area contributed by atoms with Crippen molar-refractivity contribution in [3.05, 3.63) is 35.9 Å². The van der Waals surface area contributed by atoms with Crippen molar-refractivity contribution < 1.29 is 38.5 Å². The zero-order valence-corrected chi connectivity index (χ0v) is 16.1. The molecule has 1 fully saturated rings. The lowest BCUT2D eigenvalue weighted by Gasteiger charge is -2.39. The standard InChI is InChI=1S/C18H23N3O8/c1-27-15(28-2)10-20(9-14(22)23)18(26)21-8-13(16(21)24)19-17(25)29-11-12-6-4-3-5-7-12/h3-7,13,15H,8-11H2,1-2H3,(H,19,25)(H,22,23)/t13-/m0/s1. The van der Waals surface area contributed by atoms with Gasteiger partial charge < -0.3 is 29.5 Å². The summed E-state index contributed by atoms with van der Waals surface area (Å²) in [5, 5.41) is 11.4. The van der Waals surface area contributed by atoms with Crippen molar-refractivity contribution in [1.82, 2.24) is 15.1 Å². The zero-order valence-electron chi connectivity index (χ0n) is 16.1. The number of carboxylic acid groups (broad SMARTS) is 1. The van der Waals surface area contributed by atoms with Crippen molar-refractivity contribution in [2.24, 2.45) is 0 Å². The topological polar surface area (TPSA) is 135 Å². The summed E-state index contributed by atoms with van der Waals surface area (Å²) in [6, 6.07) is 7.27. The Kier molecular flexibility index (Phi) is 7.92. The summed E-state index contributed by atoms with van der Waals surface area (Å²) in [5.74, 6) is -1.91. The van der Waals surface area contributed by atoms with Gasteiger partial charge in [0.05, 0.1) is 13.1 Å². The van der Waals surface area contributed by atoms with E-state index in [0.717, 1.165) is 15.4 Å². The molecule has 0 aliphatic carbocycles. The molecule has 1 atom stereocenters. The van der Waals surface area contributed by atoms with Crippen LogP contribution in [0.2, 0.25) is 0 Å². The largest absolute Gasteiger partial charge is 0.480 e. The van der Waals surface area contributed by atoms with Gasteiger partial charge in [0.2, 0.25) is 0 Å².